The highest BCUT2D eigenvalue weighted by molar-refractivity contribution is 6.01. The molecular formula is C26H31N7O3. The number of anilines is 1. The maximum Gasteiger partial charge on any atom is 0.256 e. The minimum Gasteiger partial charge on any atom is -0.393 e. The molecule has 5 heterocycles. The Morgan fingerprint density at radius 3 is 2.86 bits per heavy atom. The second-order valence-electron chi connectivity index (χ2n) is 9.73. The van der Waals surface area contributed by atoms with E-state index in [1.807, 2.05) is 25.4 Å². The number of carbonyl (C=O) groups excluding carboxylic acids is 1. The van der Waals surface area contributed by atoms with E-state index in [1.165, 1.54) is 0 Å². The molecule has 2 aliphatic rings. The minimum absolute atomic E-state index is 0.0494. The van der Waals surface area contributed by atoms with Crippen molar-refractivity contribution in [2.75, 3.05) is 25.6 Å². The molecule has 3 N–H and O–H groups in total. The topological polar surface area (TPSA) is 119 Å². The van der Waals surface area contributed by atoms with Crippen LogP contribution in [0.1, 0.15) is 54.9 Å². The Labute approximate surface area is 208 Å². The van der Waals surface area contributed by atoms with Crippen molar-refractivity contribution < 1.29 is 14.6 Å². The fraction of sp³-hybridized carbons (Fsp3) is 0.462. The number of amides is 1. The number of hydrogen-bond donors (Lipinski definition) is 3. The molecule has 0 radical (unpaired) electrons. The third kappa shape index (κ3) is 4.10. The predicted octanol–water partition coefficient (Wildman–Crippen LogP) is 3.17. The lowest BCUT2D eigenvalue weighted by molar-refractivity contribution is 0.0706. The zero-order chi connectivity index (χ0) is 24.6. The van der Waals surface area contributed by atoms with Crippen LogP contribution in [0.15, 0.2) is 36.8 Å². The van der Waals surface area contributed by atoms with E-state index in [4.69, 9.17) is 14.7 Å². The van der Waals surface area contributed by atoms with Gasteiger partial charge < -0.3 is 25.0 Å². The second-order valence-corrected chi connectivity index (χ2v) is 9.73. The lowest BCUT2D eigenvalue weighted by atomic mass is 9.93. The third-order valence-corrected chi connectivity index (χ3v) is 7.40. The van der Waals surface area contributed by atoms with Crippen molar-refractivity contribution in [3.63, 3.8) is 0 Å². The maximum atomic E-state index is 13.2. The molecule has 10 nitrogen and oxygen atoms in total. The average Bonchev–Trinajstić information content (AvgIpc) is 3.51. The first kappa shape index (κ1) is 22.9. The molecule has 1 saturated carbocycles. The summed E-state index contributed by atoms with van der Waals surface area (Å²) in [5, 5.41) is 21.7. The lowest BCUT2D eigenvalue weighted by Gasteiger charge is -2.26. The van der Waals surface area contributed by atoms with Crippen LogP contribution in [-0.4, -0.2) is 67.6 Å². The van der Waals surface area contributed by atoms with Gasteiger partial charge in [0.2, 0.25) is 0 Å². The van der Waals surface area contributed by atoms with Gasteiger partial charge in [-0.2, -0.15) is 9.61 Å². The number of aromatic nitrogens is 5. The molecule has 1 aliphatic heterocycles. The van der Waals surface area contributed by atoms with Crippen LogP contribution in [0.5, 0.6) is 0 Å². The van der Waals surface area contributed by atoms with Crippen LogP contribution in [0.3, 0.4) is 0 Å². The number of fused-ring (bicyclic) bond motifs is 2. The molecule has 1 unspecified atom stereocenters. The standard InChI is InChI=1S/C26H31N7O3/c1-27-23-13-22(21-15-32(17-7-10-36-11-8-17)24-19(21)6-3-9-28-24)31-25-20(14-29-33(23)25)26(35)30-16-4-2-5-18(34)12-16/h3,6,9,13-18,27,34H,2,4-5,7-8,10-12H2,1H3,(H,30,35)/t16?,18-/m1/s1. The number of nitrogens with zero attached hydrogens (tertiary/aromatic N) is 5. The van der Waals surface area contributed by atoms with Crippen molar-refractivity contribution in [2.45, 2.75) is 56.7 Å². The van der Waals surface area contributed by atoms with E-state index in [-0.39, 0.29) is 18.1 Å². The summed E-state index contributed by atoms with van der Waals surface area (Å²) in [7, 11) is 1.83. The molecule has 0 bridgehead atoms. The monoisotopic (exact) mass is 489 g/mol. The summed E-state index contributed by atoms with van der Waals surface area (Å²) >= 11 is 0. The number of pyridine rings is 1. The average molecular weight is 490 g/mol. The summed E-state index contributed by atoms with van der Waals surface area (Å²) in [5.74, 6) is 0.514. The zero-order valence-corrected chi connectivity index (χ0v) is 20.4. The first-order valence-corrected chi connectivity index (χ1v) is 12.7. The minimum atomic E-state index is -0.366. The number of hydrogen-bond acceptors (Lipinski definition) is 7. The van der Waals surface area contributed by atoms with E-state index in [1.54, 1.807) is 10.7 Å². The molecule has 2 atom stereocenters. The Hall–Kier alpha value is -3.50. The molecule has 36 heavy (non-hydrogen) atoms. The molecule has 1 aliphatic carbocycles. The molecule has 188 valence electrons. The van der Waals surface area contributed by atoms with Gasteiger partial charge in [-0.15, -0.1) is 0 Å². The largest absolute Gasteiger partial charge is 0.393 e. The van der Waals surface area contributed by atoms with Crippen molar-refractivity contribution in [3.05, 3.63) is 42.4 Å². The van der Waals surface area contributed by atoms with Gasteiger partial charge in [0, 0.05) is 61.8 Å². The van der Waals surface area contributed by atoms with E-state index in [0.717, 1.165) is 73.4 Å². The summed E-state index contributed by atoms with van der Waals surface area (Å²) in [4.78, 5) is 22.9. The van der Waals surface area contributed by atoms with Crippen LogP contribution in [0.25, 0.3) is 27.9 Å². The summed E-state index contributed by atoms with van der Waals surface area (Å²) < 4.78 is 9.48. The molecule has 1 amide bonds. The van der Waals surface area contributed by atoms with Gasteiger partial charge in [0.15, 0.2) is 5.65 Å². The van der Waals surface area contributed by atoms with Crippen LogP contribution in [-0.2, 0) is 4.74 Å². The Balaban J connectivity index is 1.42. The van der Waals surface area contributed by atoms with Gasteiger partial charge in [-0.3, -0.25) is 4.79 Å². The Morgan fingerprint density at radius 2 is 2.06 bits per heavy atom. The van der Waals surface area contributed by atoms with E-state index >= 15 is 0 Å². The predicted molar refractivity (Wildman–Crippen MR) is 136 cm³/mol. The van der Waals surface area contributed by atoms with Crippen LogP contribution >= 0.6 is 0 Å². The molecule has 2 fully saturated rings. The highest BCUT2D eigenvalue weighted by Gasteiger charge is 2.26. The number of aliphatic hydroxyl groups is 1. The molecule has 0 aromatic carbocycles. The molecule has 4 aromatic heterocycles. The molecule has 1 saturated heterocycles. The van der Waals surface area contributed by atoms with Gasteiger partial charge in [0.1, 0.15) is 17.0 Å². The Bertz CT molecular complexity index is 1410. The highest BCUT2D eigenvalue weighted by Crippen LogP contribution is 2.34. The number of ether oxygens (including phenoxy) is 1. The molecular weight excluding hydrogens is 458 g/mol. The Morgan fingerprint density at radius 1 is 1.19 bits per heavy atom. The fourth-order valence-corrected chi connectivity index (χ4v) is 5.53. The number of rotatable bonds is 5. The second kappa shape index (κ2) is 9.51. The van der Waals surface area contributed by atoms with Crippen molar-refractivity contribution >= 4 is 28.4 Å². The van der Waals surface area contributed by atoms with Gasteiger partial charge in [0.25, 0.3) is 5.91 Å². The quantitative estimate of drug-likeness (QED) is 0.394. The van der Waals surface area contributed by atoms with Crippen molar-refractivity contribution in [2.24, 2.45) is 0 Å². The number of aliphatic hydroxyl groups excluding tert-OH is 1. The smallest absolute Gasteiger partial charge is 0.256 e. The van der Waals surface area contributed by atoms with Crippen molar-refractivity contribution in [3.8, 4) is 11.3 Å². The van der Waals surface area contributed by atoms with Crippen LogP contribution in [0.4, 0.5) is 5.82 Å². The number of nitrogens with one attached hydrogen (secondary N) is 2. The van der Waals surface area contributed by atoms with E-state index in [9.17, 15) is 9.90 Å². The summed E-state index contributed by atoms with van der Waals surface area (Å²) in [6, 6.07) is 6.23. The Kier molecular flexibility index (Phi) is 6.06. The van der Waals surface area contributed by atoms with E-state index < -0.39 is 0 Å². The third-order valence-electron chi connectivity index (χ3n) is 7.40. The van der Waals surface area contributed by atoms with Crippen LogP contribution < -0.4 is 10.6 Å². The molecule has 10 heteroatoms. The van der Waals surface area contributed by atoms with Gasteiger partial charge in [-0.25, -0.2) is 9.97 Å². The molecule has 4 aromatic rings. The van der Waals surface area contributed by atoms with E-state index in [0.29, 0.717) is 23.7 Å². The normalized spacial score (nSPS) is 21.2. The summed E-state index contributed by atoms with van der Waals surface area (Å²) in [6.45, 7) is 1.49. The molecule has 0 spiro atoms. The van der Waals surface area contributed by atoms with Crippen molar-refractivity contribution in [1.82, 2.24) is 29.5 Å². The summed E-state index contributed by atoms with van der Waals surface area (Å²) in [6.07, 6.45) is 10.2. The highest BCUT2D eigenvalue weighted by atomic mass is 16.5. The first-order valence-electron chi connectivity index (χ1n) is 12.7. The lowest BCUT2D eigenvalue weighted by Crippen LogP contribution is -2.39. The van der Waals surface area contributed by atoms with Gasteiger partial charge in [-0.05, 0) is 50.7 Å². The SMILES string of the molecule is CNc1cc(-c2cn(C3CCOCC3)c3ncccc23)nc2c(C(=O)NC3CCC[C@@H](O)C3)cnn12. The maximum absolute atomic E-state index is 13.2. The van der Waals surface area contributed by atoms with Crippen LogP contribution in [0.2, 0.25) is 0 Å². The van der Waals surface area contributed by atoms with Gasteiger partial charge in [-0.1, -0.05) is 0 Å². The first-order chi connectivity index (χ1) is 17.6. The fourth-order valence-electron chi connectivity index (χ4n) is 5.53. The van der Waals surface area contributed by atoms with Crippen molar-refractivity contribution in [1.29, 1.82) is 0 Å². The molecule has 6 rings (SSSR count). The van der Waals surface area contributed by atoms with Crippen LogP contribution in [0, 0.1) is 0 Å². The number of carbonyl (C=O) groups is 1. The van der Waals surface area contributed by atoms with Gasteiger partial charge >= 0.3 is 0 Å². The van der Waals surface area contributed by atoms with Gasteiger partial charge in [0.05, 0.1) is 18.0 Å². The van der Waals surface area contributed by atoms with E-state index in [2.05, 4.69) is 32.6 Å². The zero-order valence-electron chi connectivity index (χ0n) is 20.4. The summed E-state index contributed by atoms with van der Waals surface area (Å²) in [5.41, 5.74) is 3.54.